The fourth-order valence-corrected chi connectivity index (χ4v) is 1.92. The molecule has 1 unspecified atom stereocenters. The zero-order valence-electron chi connectivity index (χ0n) is 11.9. The molecule has 5 heteroatoms. The normalized spacial score (nSPS) is 11.5. The molecule has 0 aliphatic heterocycles. The molecule has 0 aliphatic rings. The van der Waals surface area contributed by atoms with E-state index in [0.29, 0.717) is 6.29 Å². The summed E-state index contributed by atoms with van der Waals surface area (Å²) in [7, 11) is 0. The lowest BCUT2D eigenvalue weighted by atomic mass is 10.1. The van der Waals surface area contributed by atoms with E-state index < -0.39 is 12.1 Å². The predicted molar refractivity (Wildman–Crippen MR) is 79.7 cm³/mol. The fourth-order valence-electron chi connectivity index (χ4n) is 1.92. The van der Waals surface area contributed by atoms with Crippen molar-refractivity contribution in [2.24, 2.45) is 0 Å². The van der Waals surface area contributed by atoms with E-state index in [1.807, 2.05) is 30.3 Å². The molecule has 114 valence electrons. The monoisotopic (exact) mass is 301 g/mol. The fraction of sp³-hybridized carbons (Fsp3) is 0.176. The molecule has 1 amide bonds. The summed E-state index contributed by atoms with van der Waals surface area (Å²) in [5.41, 5.74) is 1.61. The van der Waals surface area contributed by atoms with Crippen LogP contribution in [0.2, 0.25) is 0 Å². The number of aldehydes is 1. The number of rotatable bonds is 6. The van der Waals surface area contributed by atoms with Gasteiger partial charge >= 0.3 is 6.09 Å². The van der Waals surface area contributed by atoms with E-state index in [4.69, 9.17) is 4.74 Å². The molecule has 0 radical (unpaired) electrons. The van der Waals surface area contributed by atoms with Crippen LogP contribution in [0.5, 0.6) is 0 Å². The van der Waals surface area contributed by atoms with Gasteiger partial charge in [-0.2, -0.15) is 0 Å². The van der Waals surface area contributed by atoms with Crippen LogP contribution in [-0.4, -0.2) is 18.4 Å². The second-order valence-electron chi connectivity index (χ2n) is 4.78. The molecule has 1 N–H and O–H groups in total. The predicted octanol–water partition coefficient (Wildman–Crippen LogP) is 2.86. The summed E-state index contributed by atoms with van der Waals surface area (Å²) < 4.78 is 17.9. The number of carbonyl (C=O) groups excluding carboxylic acids is 2. The standard InChI is InChI=1S/C17H16FNO3/c18-15-8-6-13(7-9-15)10-16(11-20)19-17(21)22-12-14-4-2-1-3-5-14/h1-9,11,16H,10,12H2,(H,19,21). The molecule has 0 heterocycles. The van der Waals surface area contributed by atoms with Gasteiger partial charge in [0.25, 0.3) is 0 Å². The van der Waals surface area contributed by atoms with Crippen LogP contribution in [0.1, 0.15) is 11.1 Å². The quantitative estimate of drug-likeness (QED) is 0.835. The largest absolute Gasteiger partial charge is 0.445 e. The van der Waals surface area contributed by atoms with Gasteiger partial charge in [-0.15, -0.1) is 0 Å². The van der Waals surface area contributed by atoms with Gasteiger partial charge in [0, 0.05) is 0 Å². The first kappa shape index (κ1) is 15.7. The minimum absolute atomic E-state index is 0.134. The lowest BCUT2D eigenvalue weighted by Crippen LogP contribution is -2.37. The molecular formula is C17H16FNO3. The first-order valence-corrected chi connectivity index (χ1v) is 6.84. The van der Waals surface area contributed by atoms with E-state index in [2.05, 4.69) is 5.32 Å². The molecule has 0 saturated carbocycles. The molecule has 2 rings (SSSR count). The highest BCUT2D eigenvalue weighted by atomic mass is 19.1. The minimum Gasteiger partial charge on any atom is -0.445 e. The Morgan fingerprint density at radius 1 is 1.09 bits per heavy atom. The van der Waals surface area contributed by atoms with E-state index in [1.165, 1.54) is 12.1 Å². The number of ether oxygens (including phenoxy) is 1. The van der Waals surface area contributed by atoms with Gasteiger partial charge in [0.05, 0.1) is 6.04 Å². The van der Waals surface area contributed by atoms with Gasteiger partial charge in [-0.1, -0.05) is 42.5 Å². The highest BCUT2D eigenvalue weighted by Gasteiger charge is 2.13. The van der Waals surface area contributed by atoms with Gasteiger partial charge in [-0.05, 0) is 29.7 Å². The van der Waals surface area contributed by atoms with Crippen LogP contribution in [0, 0.1) is 5.82 Å². The first-order chi connectivity index (χ1) is 10.7. The number of amides is 1. The lowest BCUT2D eigenvalue weighted by Gasteiger charge is -2.13. The number of carbonyl (C=O) groups is 2. The van der Waals surface area contributed by atoms with E-state index in [-0.39, 0.29) is 18.8 Å². The van der Waals surface area contributed by atoms with Crippen molar-refractivity contribution in [1.29, 1.82) is 0 Å². The molecule has 0 bridgehead atoms. The van der Waals surface area contributed by atoms with Crippen molar-refractivity contribution in [2.45, 2.75) is 19.1 Å². The van der Waals surface area contributed by atoms with Crippen LogP contribution in [0.25, 0.3) is 0 Å². The van der Waals surface area contributed by atoms with Crippen LogP contribution in [-0.2, 0) is 22.6 Å². The maximum atomic E-state index is 12.8. The van der Waals surface area contributed by atoms with Crippen molar-refractivity contribution in [3.63, 3.8) is 0 Å². The Bertz CT molecular complexity index is 614. The Labute approximate surface area is 127 Å². The molecular weight excluding hydrogens is 285 g/mol. The number of hydrogen-bond acceptors (Lipinski definition) is 3. The van der Waals surface area contributed by atoms with Crippen LogP contribution in [0.15, 0.2) is 54.6 Å². The van der Waals surface area contributed by atoms with E-state index >= 15 is 0 Å². The Morgan fingerprint density at radius 3 is 2.41 bits per heavy atom. The lowest BCUT2D eigenvalue weighted by molar-refractivity contribution is -0.109. The third-order valence-electron chi connectivity index (χ3n) is 3.05. The number of nitrogens with one attached hydrogen (secondary N) is 1. The molecule has 4 nitrogen and oxygen atoms in total. The smallest absolute Gasteiger partial charge is 0.408 e. The van der Waals surface area contributed by atoms with Gasteiger partial charge < -0.3 is 14.8 Å². The summed E-state index contributed by atoms with van der Waals surface area (Å²) in [6.45, 7) is 0.134. The number of hydrogen-bond donors (Lipinski definition) is 1. The second-order valence-corrected chi connectivity index (χ2v) is 4.78. The van der Waals surface area contributed by atoms with E-state index in [9.17, 15) is 14.0 Å². The average Bonchev–Trinajstić information content (AvgIpc) is 2.55. The van der Waals surface area contributed by atoms with Gasteiger partial charge in [0.2, 0.25) is 0 Å². The number of benzene rings is 2. The van der Waals surface area contributed by atoms with Crippen molar-refractivity contribution < 1.29 is 18.7 Å². The Kier molecular flexibility index (Phi) is 5.65. The number of halogens is 1. The summed E-state index contributed by atoms with van der Waals surface area (Å²) in [5.74, 6) is -0.346. The summed E-state index contributed by atoms with van der Waals surface area (Å²) in [6, 6.07) is 14.3. The van der Waals surface area contributed by atoms with Crippen LogP contribution < -0.4 is 5.32 Å². The molecule has 0 fully saturated rings. The first-order valence-electron chi connectivity index (χ1n) is 6.84. The van der Waals surface area contributed by atoms with Crippen LogP contribution in [0.4, 0.5) is 9.18 Å². The Morgan fingerprint density at radius 2 is 1.77 bits per heavy atom. The van der Waals surface area contributed by atoms with Gasteiger partial charge in [0.1, 0.15) is 18.7 Å². The molecule has 22 heavy (non-hydrogen) atoms. The summed E-state index contributed by atoms with van der Waals surface area (Å²) in [5, 5.41) is 2.48. The van der Waals surface area contributed by atoms with E-state index in [0.717, 1.165) is 11.1 Å². The number of alkyl carbamates (subject to hydrolysis) is 1. The average molecular weight is 301 g/mol. The molecule has 2 aromatic carbocycles. The topological polar surface area (TPSA) is 55.4 Å². The SMILES string of the molecule is O=CC(Cc1ccc(F)cc1)NC(=O)OCc1ccccc1. The highest BCUT2D eigenvalue weighted by Crippen LogP contribution is 2.06. The second kappa shape index (κ2) is 7.93. The summed E-state index contributed by atoms with van der Waals surface area (Å²) in [6.07, 6.45) is 0.250. The van der Waals surface area contributed by atoms with Crippen molar-refractivity contribution in [3.8, 4) is 0 Å². The van der Waals surface area contributed by atoms with Crippen LogP contribution in [0.3, 0.4) is 0 Å². The molecule has 0 saturated heterocycles. The maximum absolute atomic E-state index is 12.8. The zero-order chi connectivity index (χ0) is 15.8. The third-order valence-corrected chi connectivity index (χ3v) is 3.05. The third kappa shape index (κ3) is 5.01. The molecule has 0 aromatic heterocycles. The molecule has 0 spiro atoms. The van der Waals surface area contributed by atoms with Gasteiger partial charge in [0.15, 0.2) is 0 Å². The van der Waals surface area contributed by atoms with Crippen molar-refractivity contribution in [3.05, 3.63) is 71.5 Å². The van der Waals surface area contributed by atoms with Crippen molar-refractivity contribution in [2.75, 3.05) is 0 Å². The summed E-state index contributed by atoms with van der Waals surface area (Å²) in [4.78, 5) is 22.7. The highest BCUT2D eigenvalue weighted by molar-refractivity contribution is 5.73. The zero-order valence-corrected chi connectivity index (χ0v) is 11.9. The Hall–Kier alpha value is -2.69. The molecule has 2 aromatic rings. The van der Waals surface area contributed by atoms with Gasteiger partial charge in [-0.3, -0.25) is 0 Å². The van der Waals surface area contributed by atoms with Gasteiger partial charge in [-0.25, -0.2) is 9.18 Å². The Balaban J connectivity index is 1.83. The van der Waals surface area contributed by atoms with Crippen molar-refractivity contribution in [1.82, 2.24) is 5.32 Å². The maximum Gasteiger partial charge on any atom is 0.408 e. The summed E-state index contributed by atoms with van der Waals surface area (Å²) >= 11 is 0. The molecule has 0 aliphatic carbocycles. The van der Waals surface area contributed by atoms with E-state index in [1.54, 1.807) is 12.1 Å². The minimum atomic E-state index is -0.714. The molecule has 1 atom stereocenters. The van der Waals surface area contributed by atoms with Crippen molar-refractivity contribution >= 4 is 12.4 Å². The van der Waals surface area contributed by atoms with Crippen LogP contribution >= 0.6 is 0 Å².